The van der Waals surface area contributed by atoms with Crippen LogP contribution in [0.25, 0.3) is 0 Å². The fourth-order valence-electron chi connectivity index (χ4n) is 2.57. The van der Waals surface area contributed by atoms with Gasteiger partial charge in [0.25, 0.3) is 5.91 Å². The minimum atomic E-state index is -4.60. The van der Waals surface area contributed by atoms with Gasteiger partial charge in [0, 0.05) is 11.3 Å². The van der Waals surface area contributed by atoms with Gasteiger partial charge in [-0.2, -0.15) is 18.3 Å². The first-order valence-corrected chi connectivity index (χ1v) is 8.22. The molecule has 1 unspecified atom stereocenters. The van der Waals surface area contributed by atoms with Crippen molar-refractivity contribution in [2.75, 3.05) is 5.32 Å². The van der Waals surface area contributed by atoms with Crippen LogP contribution in [0, 0.1) is 12.7 Å². The van der Waals surface area contributed by atoms with Crippen LogP contribution in [0.4, 0.5) is 23.5 Å². The minimum Gasteiger partial charge on any atom is -0.291 e. The fraction of sp³-hybridized carbons (Fsp3) is 0.294. The van der Waals surface area contributed by atoms with Gasteiger partial charge in [0.05, 0.1) is 6.54 Å². The number of alkyl halides is 3. The van der Waals surface area contributed by atoms with Crippen molar-refractivity contribution in [2.24, 2.45) is 0 Å². The minimum absolute atomic E-state index is 0.0472. The molecule has 0 saturated carbocycles. The van der Waals surface area contributed by atoms with E-state index in [0.717, 1.165) is 10.7 Å². The lowest BCUT2D eigenvalue weighted by Gasteiger charge is -2.13. The summed E-state index contributed by atoms with van der Waals surface area (Å²) >= 11 is 0. The molecule has 1 amide bonds. The molecule has 3 aromatic rings. The zero-order chi connectivity index (χ0) is 20.5. The second-order valence-electron chi connectivity index (χ2n) is 6.14. The van der Waals surface area contributed by atoms with E-state index in [1.54, 1.807) is 18.2 Å². The first-order valence-electron chi connectivity index (χ1n) is 8.22. The highest BCUT2D eigenvalue weighted by atomic mass is 19.4. The topological polar surface area (TPSA) is 77.6 Å². The average molecular weight is 396 g/mol. The van der Waals surface area contributed by atoms with E-state index in [4.69, 9.17) is 0 Å². The van der Waals surface area contributed by atoms with Gasteiger partial charge in [-0.1, -0.05) is 18.2 Å². The Morgan fingerprint density at radius 2 is 1.96 bits per heavy atom. The number of hydrogen-bond donors (Lipinski definition) is 1. The van der Waals surface area contributed by atoms with E-state index < -0.39 is 29.6 Å². The van der Waals surface area contributed by atoms with E-state index >= 15 is 0 Å². The summed E-state index contributed by atoms with van der Waals surface area (Å²) in [5.41, 5.74) is -0.490. The molecule has 0 saturated heterocycles. The molecule has 0 bridgehead atoms. The smallest absolute Gasteiger partial charge is 0.291 e. The van der Waals surface area contributed by atoms with Gasteiger partial charge in [0.1, 0.15) is 18.2 Å². The lowest BCUT2D eigenvalue weighted by Crippen LogP contribution is -2.26. The summed E-state index contributed by atoms with van der Waals surface area (Å²) in [7, 11) is 0. The summed E-state index contributed by atoms with van der Waals surface area (Å²) in [6, 6.07) is 6.00. The van der Waals surface area contributed by atoms with Gasteiger partial charge in [-0.3, -0.25) is 14.8 Å². The van der Waals surface area contributed by atoms with E-state index in [-0.39, 0.29) is 18.2 Å². The van der Waals surface area contributed by atoms with Crippen LogP contribution in [-0.2, 0) is 17.5 Å². The second kappa shape index (κ2) is 7.41. The monoisotopic (exact) mass is 396 g/mol. The molecule has 1 atom stereocenters. The van der Waals surface area contributed by atoms with Crippen molar-refractivity contribution in [1.29, 1.82) is 0 Å². The van der Waals surface area contributed by atoms with Crippen LogP contribution in [-0.4, -0.2) is 30.5 Å². The van der Waals surface area contributed by atoms with Gasteiger partial charge in [-0.25, -0.2) is 14.1 Å². The maximum absolute atomic E-state index is 13.7. The van der Waals surface area contributed by atoms with Gasteiger partial charge < -0.3 is 0 Å². The molecule has 3 rings (SSSR count). The Labute approximate surface area is 157 Å². The molecule has 0 aliphatic rings. The molecule has 28 heavy (non-hydrogen) atoms. The summed E-state index contributed by atoms with van der Waals surface area (Å²) < 4.78 is 54.3. The lowest BCUT2D eigenvalue weighted by molar-refractivity contribution is -0.141. The largest absolute Gasteiger partial charge is 0.435 e. The number of aromatic nitrogens is 5. The maximum Gasteiger partial charge on any atom is 0.435 e. The van der Waals surface area contributed by atoms with Crippen LogP contribution >= 0.6 is 0 Å². The molecule has 0 spiro atoms. The highest BCUT2D eigenvalue weighted by Gasteiger charge is 2.35. The molecule has 1 aromatic carbocycles. The summed E-state index contributed by atoms with van der Waals surface area (Å²) in [6.45, 7) is 2.94. The van der Waals surface area contributed by atoms with Crippen molar-refractivity contribution in [3.05, 3.63) is 59.4 Å². The summed E-state index contributed by atoms with van der Waals surface area (Å²) in [6.07, 6.45) is -3.28. The number of amides is 1. The number of rotatable bonds is 5. The molecule has 0 aliphatic carbocycles. The number of benzene rings is 1. The zero-order valence-corrected chi connectivity index (χ0v) is 14.9. The third-order valence-corrected chi connectivity index (χ3v) is 4.02. The number of carbonyl (C=O) groups is 1. The van der Waals surface area contributed by atoms with E-state index in [1.807, 2.05) is 0 Å². The maximum atomic E-state index is 13.7. The molecule has 148 valence electrons. The molecule has 0 fully saturated rings. The predicted molar refractivity (Wildman–Crippen MR) is 90.8 cm³/mol. The van der Waals surface area contributed by atoms with Crippen LogP contribution in [0.1, 0.15) is 29.9 Å². The molecule has 1 N–H and O–H groups in total. The summed E-state index contributed by atoms with van der Waals surface area (Å²) in [5, 5.41) is 9.90. The Kier molecular flexibility index (Phi) is 5.16. The van der Waals surface area contributed by atoms with E-state index in [0.29, 0.717) is 5.56 Å². The van der Waals surface area contributed by atoms with Crippen molar-refractivity contribution in [3.8, 4) is 0 Å². The summed E-state index contributed by atoms with van der Waals surface area (Å²) in [5.74, 6) is -1.08. The third kappa shape index (κ3) is 4.18. The number of nitrogens with zero attached hydrogens (tertiary/aromatic N) is 5. The number of carbonyl (C=O) groups excluding carboxylic acids is 1. The normalized spacial score (nSPS) is 12.8. The molecule has 7 nitrogen and oxygen atoms in total. The summed E-state index contributed by atoms with van der Waals surface area (Å²) in [4.78, 5) is 16.3. The first kappa shape index (κ1) is 19.5. The molecule has 0 aliphatic heterocycles. The van der Waals surface area contributed by atoms with Crippen LogP contribution in [0.2, 0.25) is 0 Å². The molecule has 2 heterocycles. The Balaban J connectivity index is 1.69. The highest BCUT2D eigenvalue weighted by Crippen LogP contribution is 2.29. The van der Waals surface area contributed by atoms with Crippen LogP contribution in [0.5, 0.6) is 0 Å². The van der Waals surface area contributed by atoms with Crippen molar-refractivity contribution in [2.45, 2.75) is 32.6 Å². The SMILES string of the molecule is Cc1cc(C(F)(F)F)nn1C(C)C(=O)Nc1ncn(Cc2ccccc2F)n1. The number of anilines is 1. The highest BCUT2D eigenvalue weighted by molar-refractivity contribution is 5.91. The average Bonchev–Trinajstić information content (AvgIpc) is 3.22. The number of hydrogen-bond acceptors (Lipinski definition) is 4. The molecular formula is C17H16F4N6O. The van der Waals surface area contributed by atoms with Crippen molar-refractivity contribution < 1.29 is 22.4 Å². The van der Waals surface area contributed by atoms with Gasteiger partial charge in [-0.05, 0) is 26.0 Å². The fourth-order valence-corrected chi connectivity index (χ4v) is 2.57. The van der Waals surface area contributed by atoms with Crippen LogP contribution in [0.15, 0.2) is 36.7 Å². The van der Waals surface area contributed by atoms with Crippen molar-refractivity contribution in [1.82, 2.24) is 24.5 Å². The predicted octanol–water partition coefficient (Wildman–Crippen LogP) is 3.19. The molecule has 0 radical (unpaired) electrons. The van der Waals surface area contributed by atoms with E-state index in [9.17, 15) is 22.4 Å². The van der Waals surface area contributed by atoms with Crippen LogP contribution in [0.3, 0.4) is 0 Å². The van der Waals surface area contributed by atoms with Crippen molar-refractivity contribution in [3.63, 3.8) is 0 Å². The van der Waals surface area contributed by atoms with Crippen molar-refractivity contribution >= 4 is 11.9 Å². The lowest BCUT2D eigenvalue weighted by atomic mass is 10.2. The molecule has 2 aromatic heterocycles. The first-order chi connectivity index (χ1) is 13.1. The third-order valence-electron chi connectivity index (χ3n) is 4.02. The quantitative estimate of drug-likeness (QED) is 0.672. The second-order valence-corrected chi connectivity index (χ2v) is 6.14. The number of nitrogens with one attached hydrogen (secondary N) is 1. The molecular weight excluding hydrogens is 380 g/mol. The zero-order valence-electron chi connectivity index (χ0n) is 14.9. The Morgan fingerprint density at radius 3 is 2.61 bits per heavy atom. The van der Waals surface area contributed by atoms with E-state index in [2.05, 4.69) is 20.5 Å². The van der Waals surface area contributed by atoms with Gasteiger partial charge in [0.2, 0.25) is 5.95 Å². The Bertz CT molecular complexity index is 994. The number of aryl methyl sites for hydroxylation is 1. The molecule has 11 heteroatoms. The van der Waals surface area contributed by atoms with Gasteiger partial charge in [0.15, 0.2) is 5.69 Å². The Hall–Kier alpha value is -3.24. The number of halogens is 4. The van der Waals surface area contributed by atoms with Crippen LogP contribution < -0.4 is 5.32 Å². The Morgan fingerprint density at radius 1 is 1.25 bits per heavy atom. The standard InChI is InChI=1S/C17H16F4N6O/c1-10-7-14(17(19,20)21)24-27(10)11(2)15(28)23-16-22-9-26(25-16)8-12-5-3-4-6-13(12)18/h3-7,9,11H,8H2,1-2H3,(H,23,25,28). The van der Waals surface area contributed by atoms with Gasteiger partial charge >= 0.3 is 6.18 Å². The van der Waals surface area contributed by atoms with Gasteiger partial charge in [-0.15, -0.1) is 5.10 Å². The van der Waals surface area contributed by atoms with E-state index in [1.165, 1.54) is 30.9 Å².